The van der Waals surface area contributed by atoms with Crippen LogP contribution in [0.3, 0.4) is 0 Å². The summed E-state index contributed by atoms with van der Waals surface area (Å²) in [6.45, 7) is 41.3. The number of carboxylic acids is 2. The molecule has 14 aliphatic rings. The molecule has 14 nitrogen and oxygen atoms in total. The largest absolute Gasteiger partial charge is 0.481 e. The van der Waals surface area contributed by atoms with E-state index in [1.165, 1.54) is 90.6 Å². The summed E-state index contributed by atoms with van der Waals surface area (Å²) in [7, 11) is 3.05. The van der Waals surface area contributed by atoms with Crippen LogP contribution < -0.4 is 0 Å². The second-order valence-corrected chi connectivity index (χ2v) is 40.8. The van der Waals surface area contributed by atoms with Crippen LogP contribution in [0.2, 0.25) is 0 Å². The van der Waals surface area contributed by atoms with Crippen molar-refractivity contribution in [2.75, 3.05) is 27.4 Å². The Labute approximate surface area is 695 Å². The Morgan fingerprint density at radius 3 is 0.912 bits per heavy atom. The second-order valence-electron chi connectivity index (χ2n) is 40.8. The lowest BCUT2D eigenvalue weighted by Gasteiger charge is -2.41. The van der Waals surface area contributed by atoms with Crippen LogP contribution in [0.1, 0.15) is 381 Å². The SMILES string of the molecule is C.C.C.C.C.C.CCCC1CC(C)C2C3CC(C12)C(C)(C(=O)O)C3.CCCC1CC(C)C2C3CC(C12)C(C)(C(=O)OC)C3.CCCC1CC(C)C2C3CC(C12)C(C)(C(=O)OC1CCCCO1)C3.CCCC1CC(C)CC1(C)C(=O)O.CCCC1CC(C)CC1(C)C(=O)OC.CCCC1CC(C)CC1(C)C(=O)OC1CCCCO1. The minimum absolute atomic E-state index is 0. The van der Waals surface area contributed by atoms with Crippen molar-refractivity contribution in [1.82, 2.24) is 0 Å². The maximum atomic E-state index is 13.1. The van der Waals surface area contributed by atoms with E-state index >= 15 is 0 Å². The Morgan fingerprint density at radius 2 is 0.611 bits per heavy atom. The molecule has 32 atom stereocenters. The monoisotopic (exact) mass is 1600 g/mol. The molecular formula is C99H182O14. The third-order valence-corrected chi connectivity index (χ3v) is 33.1. The molecular weight excluding hydrogens is 1410 g/mol. The average molecular weight is 1600 g/mol. The van der Waals surface area contributed by atoms with E-state index in [1.54, 1.807) is 7.11 Å². The van der Waals surface area contributed by atoms with Gasteiger partial charge in [-0.2, -0.15) is 0 Å². The number of hydrogen-bond acceptors (Lipinski definition) is 12. The summed E-state index contributed by atoms with van der Waals surface area (Å²) in [4.78, 5) is 72.4. The third-order valence-electron chi connectivity index (χ3n) is 33.1. The van der Waals surface area contributed by atoms with Crippen molar-refractivity contribution in [2.45, 2.75) is 394 Å². The summed E-state index contributed by atoms with van der Waals surface area (Å²) in [5.41, 5.74) is -1.82. The first-order valence-corrected chi connectivity index (χ1v) is 44.9. The first-order chi connectivity index (χ1) is 50.7. The van der Waals surface area contributed by atoms with Crippen LogP contribution in [0.25, 0.3) is 0 Å². The molecule has 32 unspecified atom stereocenters. The number of ether oxygens (including phenoxy) is 6. The molecule has 2 saturated heterocycles. The zero-order chi connectivity index (χ0) is 78.5. The van der Waals surface area contributed by atoms with Crippen molar-refractivity contribution < 1.29 is 67.4 Å². The highest BCUT2D eigenvalue weighted by Crippen LogP contribution is 2.72. The molecule has 0 spiro atoms. The standard InChI is InChI=1S/C21H34O3.C17H28O2.C16H28O3.C16H26O2.C12H22O2.C11H20O2.6CH4/c1-4-7-14-10-13(2)18-15-11-16(19(14)18)21(3,12-15)20(22)24-17-8-5-6-9-23-17;1-5-6-11-7-10(2)14-12-8-13(15(11)14)17(3,9-12)16(18)19-4;1-4-7-13-10-12(2)11-16(13,3)15(17)19-14-8-5-6-9-18-14;1-4-5-10-6-9(2)13-11-7-12(14(10)13)16(3,8-11)15(17)18;1-5-6-10-7-9(2)8-12(10,3)11(13)14-4;1-4-5-9-6-8(2)7-11(9,3)10(12)13;;;;;;/h13-19H,4-12H2,1-3H3;10-15H,5-9H2,1-4H3;12-14H,4-11H2,1-3H3;9-14H,4-8H2,1-3H3,(H,17,18);9-10H,5-8H2,1-4H3;8-9H,4-7H2,1-3H3,(H,12,13);6*1H4. The summed E-state index contributed by atoms with van der Waals surface area (Å²) in [5.74, 6) is 16.0. The Morgan fingerprint density at radius 1 is 0.336 bits per heavy atom. The second kappa shape index (κ2) is 43.8. The quantitative estimate of drug-likeness (QED) is 0.0862. The van der Waals surface area contributed by atoms with Gasteiger partial charge in [-0.25, -0.2) is 0 Å². The van der Waals surface area contributed by atoms with Gasteiger partial charge in [0.05, 0.1) is 59.9 Å². The van der Waals surface area contributed by atoms with Gasteiger partial charge >= 0.3 is 35.8 Å². The van der Waals surface area contributed by atoms with Gasteiger partial charge in [0.1, 0.15) is 0 Å². The van der Waals surface area contributed by atoms with Crippen molar-refractivity contribution in [3.63, 3.8) is 0 Å². The zero-order valence-electron chi connectivity index (χ0n) is 71.6. The number of methoxy groups -OCH3 is 2. The molecule has 6 bridgehead atoms. The minimum atomic E-state index is -0.602. The number of esters is 4. The van der Waals surface area contributed by atoms with Crippen molar-refractivity contribution in [2.24, 2.45) is 175 Å². The van der Waals surface area contributed by atoms with Gasteiger partial charge in [-0.05, 0) is 325 Å². The smallest absolute Gasteiger partial charge is 0.314 e. The Hall–Kier alpha value is -3.26. The molecule has 0 aromatic rings. The van der Waals surface area contributed by atoms with Gasteiger partial charge in [0.2, 0.25) is 12.6 Å². The molecule has 2 N–H and O–H groups in total. The van der Waals surface area contributed by atoms with E-state index < -0.39 is 22.8 Å². The summed E-state index contributed by atoms with van der Waals surface area (Å²) in [5, 5.41) is 18.8. The maximum absolute atomic E-state index is 13.1. The summed E-state index contributed by atoms with van der Waals surface area (Å²) < 4.78 is 32.7. The van der Waals surface area contributed by atoms with Gasteiger partial charge < -0.3 is 38.6 Å². The lowest BCUT2D eigenvalue weighted by molar-refractivity contribution is -0.201. The third kappa shape index (κ3) is 21.4. The van der Waals surface area contributed by atoms with Gasteiger partial charge in [-0.1, -0.05) is 185 Å². The zero-order valence-corrected chi connectivity index (χ0v) is 71.6. The first kappa shape index (κ1) is 104. The fourth-order valence-electron chi connectivity index (χ4n) is 28.9. The molecule has 113 heavy (non-hydrogen) atoms. The first-order valence-electron chi connectivity index (χ1n) is 44.9. The molecule has 12 saturated carbocycles. The van der Waals surface area contributed by atoms with E-state index in [0.29, 0.717) is 59.2 Å². The van der Waals surface area contributed by atoms with Crippen molar-refractivity contribution in [1.29, 1.82) is 0 Å². The van der Waals surface area contributed by atoms with Crippen molar-refractivity contribution in [3.8, 4) is 0 Å². The van der Waals surface area contributed by atoms with Gasteiger partial charge in [-0.3, -0.25) is 28.8 Å². The maximum Gasteiger partial charge on any atom is 0.314 e. The molecule has 662 valence electrons. The molecule has 0 radical (unpaired) electrons. The molecule has 0 amide bonds. The highest BCUT2D eigenvalue weighted by atomic mass is 16.7. The lowest BCUT2D eigenvalue weighted by atomic mass is 9.63. The van der Waals surface area contributed by atoms with Crippen LogP contribution in [0.4, 0.5) is 0 Å². The van der Waals surface area contributed by atoms with Gasteiger partial charge in [-0.15, -0.1) is 0 Å². The minimum Gasteiger partial charge on any atom is -0.481 e. The number of hydrogen-bond donors (Lipinski definition) is 2. The van der Waals surface area contributed by atoms with E-state index in [4.69, 9.17) is 28.4 Å². The highest BCUT2D eigenvalue weighted by Gasteiger charge is 2.69. The topological polar surface area (TPSA) is 198 Å². The molecule has 14 fully saturated rings. The number of carboxylic acid groups (broad SMARTS) is 2. The number of fused-ring (bicyclic) bond motifs is 15. The van der Waals surface area contributed by atoms with Crippen LogP contribution in [0.5, 0.6) is 0 Å². The summed E-state index contributed by atoms with van der Waals surface area (Å²) in [6, 6.07) is 0. The molecule has 0 aromatic heterocycles. The molecule has 12 aliphatic carbocycles. The fourth-order valence-corrected chi connectivity index (χ4v) is 28.9. The predicted octanol–water partition coefficient (Wildman–Crippen LogP) is 26.2. The molecule has 14 rings (SSSR count). The van der Waals surface area contributed by atoms with Crippen molar-refractivity contribution in [3.05, 3.63) is 0 Å². The van der Waals surface area contributed by atoms with E-state index in [-0.39, 0.29) is 103 Å². The van der Waals surface area contributed by atoms with Crippen molar-refractivity contribution >= 4 is 35.8 Å². The Bertz CT molecular complexity index is 2920. The lowest BCUT2D eigenvalue weighted by Crippen LogP contribution is -2.44. The van der Waals surface area contributed by atoms with Gasteiger partial charge in [0, 0.05) is 12.8 Å². The number of aliphatic carboxylic acids is 2. The van der Waals surface area contributed by atoms with Gasteiger partial charge in [0.15, 0.2) is 0 Å². The molecule has 0 aromatic carbocycles. The predicted molar refractivity (Wildman–Crippen MR) is 464 cm³/mol. The van der Waals surface area contributed by atoms with E-state index in [1.807, 2.05) is 13.8 Å². The van der Waals surface area contributed by atoms with Crippen LogP contribution in [0.15, 0.2) is 0 Å². The van der Waals surface area contributed by atoms with Crippen LogP contribution in [-0.2, 0) is 57.2 Å². The molecule has 14 heteroatoms. The molecule has 2 aliphatic heterocycles. The Kier molecular flexibility index (Phi) is 40.3. The van der Waals surface area contributed by atoms with E-state index in [0.717, 1.165) is 224 Å². The number of carbonyl (C=O) groups is 6. The van der Waals surface area contributed by atoms with E-state index in [9.17, 15) is 39.0 Å². The normalized spacial score (nSPS) is 43.5. The van der Waals surface area contributed by atoms with Gasteiger partial charge in [0.25, 0.3) is 0 Å². The van der Waals surface area contributed by atoms with Crippen LogP contribution in [-0.4, -0.2) is 86.0 Å². The fraction of sp³-hybridized carbons (Fsp3) is 0.939. The Balaban J connectivity index is 0.000000351. The van der Waals surface area contributed by atoms with E-state index in [2.05, 4.69) is 111 Å². The molecule has 2 heterocycles. The summed E-state index contributed by atoms with van der Waals surface area (Å²) in [6.07, 6.45) is 37.3. The number of rotatable bonds is 20. The highest BCUT2D eigenvalue weighted by molar-refractivity contribution is 5.80. The summed E-state index contributed by atoms with van der Waals surface area (Å²) >= 11 is 0. The average Bonchev–Trinajstić information content (AvgIpc) is 1.56. The van der Waals surface area contributed by atoms with Crippen LogP contribution >= 0.6 is 0 Å². The van der Waals surface area contributed by atoms with Crippen LogP contribution in [0, 0.1) is 175 Å². The number of carbonyl (C=O) groups excluding carboxylic acids is 4.